The van der Waals surface area contributed by atoms with Crippen LogP contribution in [0.2, 0.25) is 0 Å². The lowest BCUT2D eigenvalue weighted by Crippen LogP contribution is -2.49. The van der Waals surface area contributed by atoms with Crippen LogP contribution in [-0.2, 0) is 23.1 Å². The predicted molar refractivity (Wildman–Crippen MR) is 95.1 cm³/mol. The van der Waals surface area contributed by atoms with Gasteiger partial charge in [-0.3, -0.25) is 19.3 Å². The molecule has 0 spiro atoms. The number of pyridine rings is 1. The molecule has 0 aliphatic carbocycles. The third kappa shape index (κ3) is 4.75. The molecule has 0 aromatic carbocycles. The second kappa shape index (κ2) is 8.37. The molecular formula is C17H26N6O2. The molecule has 8 heteroatoms. The summed E-state index contributed by atoms with van der Waals surface area (Å²) in [6.45, 7) is 6.17. The molecule has 8 nitrogen and oxygen atoms in total. The molecule has 1 fully saturated rings. The predicted octanol–water partition coefficient (Wildman–Crippen LogP) is -0.151. The van der Waals surface area contributed by atoms with Crippen molar-refractivity contribution < 1.29 is 9.53 Å². The maximum Gasteiger partial charge on any atom is 0.234 e. The number of nitrogens with one attached hydrogen (secondary N) is 1. The zero-order valence-corrected chi connectivity index (χ0v) is 14.9. The summed E-state index contributed by atoms with van der Waals surface area (Å²) < 4.78 is 6.72. The number of carbonyl (C=O) groups excluding carboxylic acids is 1. The highest BCUT2D eigenvalue weighted by atomic mass is 16.5. The number of rotatable bonds is 7. The first kappa shape index (κ1) is 17.8. The number of aromatic nitrogens is 3. The Hall–Kier alpha value is -2.03. The number of hydrogen-bond acceptors (Lipinski definition) is 6. The molecule has 1 saturated heterocycles. The fourth-order valence-corrected chi connectivity index (χ4v) is 3.09. The molecule has 136 valence electrons. The normalized spacial score (nSPS) is 16.4. The van der Waals surface area contributed by atoms with Gasteiger partial charge in [0.05, 0.1) is 19.3 Å². The first-order valence-electron chi connectivity index (χ1n) is 8.62. The lowest BCUT2D eigenvalue weighted by Gasteiger charge is -2.34. The van der Waals surface area contributed by atoms with E-state index in [-0.39, 0.29) is 5.91 Å². The number of methoxy groups -OCH3 is 1. The van der Waals surface area contributed by atoms with Gasteiger partial charge in [0.15, 0.2) is 5.65 Å². The van der Waals surface area contributed by atoms with Crippen molar-refractivity contribution >= 4 is 16.9 Å². The molecule has 0 atom stereocenters. The molecule has 1 aliphatic rings. The first-order valence-corrected chi connectivity index (χ1v) is 8.62. The van der Waals surface area contributed by atoms with E-state index in [2.05, 4.69) is 31.3 Å². The minimum absolute atomic E-state index is 0.0664. The maximum absolute atomic E-state index is 11.8. The van der Waals surface area contributed by atoms with E-state index >= 15 is 0 Å². The van der Waals surface area contributed by atoms with Crippen molar-refractivity contribution in [1.82, 2.24) is 29.9 Å². The highest BCUT2D eigenvalue weighted by Crippen LogP contribution is 2.14. The van der Waals surface area contributed by atoms with Crippen LogP contribution in [0.5, 0.6) is 0 Å². The molecule has 3 heterocycles. The van der Waals surface area contributed by atoms with Crippen molar-refractivity contribution in [3.8, 4) is 0 Å². The second-order valence-corrected chi connectivity index (χ2v) is 6.42. The standard InChI is InChI=1S/C17H26N6O2/c1-21-17-15(11-20-21)9-14(10-19-17)12-22-4-6-23(7-5-22)13-16(24)18-3-8-25-2/h9-11H,3-8,12-13H2,1-2H3,(H,18,24). The van der Waals surface area contributed by atoms with Crippen molar-refractivity contribution in [3.63, 3.8) is 0 Å². The fraction of sp³-hybridized carbons (Fsp3) is 0.588. The third-order valence-corrected chi connectivity index (χ3v) is 4.49. The number of carbonyl (C=O) groups is 1. The smallest absolute Gasteiger partial charge is 0.234 e. The maximum atomic E-state index is 11.8. The Labute approximate surface area is 147 Å². The summed E-state index contributed by atoms with van der Waals surface area (Å²) >= 11 is 0. The van der Waals surface area contributed by atoms with E-state index in [0.717, 1.165) is 43.8 Å². The number of piperazine rings is 1. The van der Waals surface area contributed by atoms with Crippen LogP contribution in [0.3, 0.4) is 0 Å². The Morgan fingerprint density at radius 3 is 2.76 bits per heavy atom. The molecular weight excluding hydrogens is 320 g/mol. The number of nitrogens with zero attached hydrogens (tertiary/aromatic N) is 5. The number of ether oxygens (including phenoxy) is 1. The average Bonchev–Trinajstić information content (AvgIpc) is 2.97. The van der Waals surface area contributed by atoms with Crippen molar-refractivity contribution in [1.29, 1.82) is 0 Å². The Bertz CT molecular complexity index is 708. The van der Waals surface area contributed by atoms with Gasteiger partial charge in [-0.2, -0.15) is 5.10 Å². The highest BCUT2D eigenvalue weighted by Gasteiger charge is 2.19. The van der Waals surface area contributed by atoms with E-state index in [4.69, 9.17) is 4.74 Å². The molecule has 0 bridgehead atoms. The molecule has 0 saturated carbocycles. The molecule has 0 unspecified atom stereocenters. The van der Waals surface area contributed by atoms with Gasteiger partial charge in [0.1, 0.15) is 0 Å². The van der Waals surface area contributed by atoms with Gasteiger partial charge in [-0.1, -0.05) is 0 Å². The van der Waals surface area contributed by atoms with Crippen LogP contribution in [0, 0.1) is 0 Å². The molecule has 1 aliphatic heterocycles. The van der Waals surface area contributed by atoms with Gasteiger partial charge in [-0.15, -0.1) is 0 Å². The molecule has 0 radical (unpaired) electrons. The number of amides is 1. The SMILES string of the molecule is COCCNC(=O)CN1CCN(Cc2cnc3c(cnn3C)c2)CC1. The summed E-state index contributed by atoms with van der Waals surface area (Å²) in [5.41, 5.74) is 2.11. The number of aryl methyl sites for hydroxylation is 1. The summed E-state index contributed by atoms with van der Waals surface area (Å²) in [6.07, 6.45) is 3.78. The largest absolute Gasteiger partial charge is 0.383 e. The van der Waals surface area contributed by atoms with Crippen molar-refractivity contribution in [2.24, 2.45) is 7.05 Å². The number of fused-ring (bicyclic) bond motifs is 1. The van der Waals surface area contributed by atoms with Crippen LogP contribution in [0.15, 0.2) is 18.5 Å². The van der Waals surface area contributed by atoms with Crippen LogP contribution >= 0.6 is 0 Å². The lowest BCUT2D eigenvalue weighted by atomic mass is 10.2. The number of hydrogen-bond donors (Lipinski definition) is 1. The van der Waals surface area contributed by atoms with Gasteiger partial charge in [0.2, 0.25) is 5.91 Å². The Morgan fingerprint density at radius 1 is 1.24 bits per heavy atom. The summed E-state index contributed by atoms with van der Waals surface area (Å²) in [7, 11) is 3.53. The first-order chi connectivity index (χ1) is 12.2. The summed E-state index contributed by atoms with van der Waals surface area (Å²) in [5, 5.41) is 8.18. The molecule has 3 rings (SSSR count). The molecule has 1 N–H and O–H groups in total. The van der Waals surface area contributed by atoms with Crippen LogP contribution < -0.4 is 5.32 Å². The van der Waals surface area contributed by atoms with E-state index in [0.29, 0.717) is 19.7 Å². The van der Waals surface area contributed by atoms with E-state index in [1.807, 2.05) is 19.4 Å². The highest BCUT2D eigenvalue weighted by molar-refractivity contribution is 5.78. The van der Waals surface area contributed by atoms with Crippen LogP contribution in [0.25, 0.3) is 11.0 Å². The van der Waals surface area contributed by atoms with Crippen molar-refractivity contribution in [3.05, 3.63) is 24.0 Å². The zero-order valence-electron chi connectivity index (χ0n) is 14.9. The van der Waals surface area contributed by atoms with Crippen molar-refractivity contribution in [2.45, 2.75) is 6.54 Å². The fourth-order valence-electron chi connectivity index (χ4n) is 3.09. The monoisotopic (exact) mass is 346 g/mol. The minimum atomic E-state index is 0.0664. The minimum Gasteiger partial charge on any atom is -0.383 e. The van der Waals surface area contributed by atoms with Gasteiger partial charge in [0, 0.05) is 65.0 Å². The van der Waals surface area contributed by atoms with Crippen molar-refractivity contribution in [2.75, 3.05) is 53.0 Å². The third-order valence-electron chi connectivity index (χ3n) is 4.49. The average molecular weight is 346 g/mol. The van der Waals surface area contributed by atoms with E-state index in [1.165, 1.54) is 5.56 Å². The summed E-state index contributed by atoms with van der Waals surface area (Å²) in [5.74, 6) is 0.0664. The topological polar surface area (TPSA) is 75.5 Å². The zero-order chi connectivity index (χ0) is 17.6. The van der Waals surface area contributed by atoms with Crippen LogP contribution in [0.1, 0.15) is 5.56 Å². The molecule has 2 aromatic rings. The Balaban J connectivity index is 1.44. The molecule has 2 aromatic heterocycles. The lowest BCUT2D eigenvalue weighted by molar-refractivity contribution is -0.122. The summed E-state index contributed by atoms with van der Waals surface area (Å²) in [6, 6.07) is 2.16. The van der Waals surface area contributed by atoms with Gasteiger partial charge in [-0.25, -0.2) is 4.98 Å². The molecule has 1 amide bonds. The molecule has 25 heavy (non-hydrogen) atoms. The Morgan fingerprint density at radius 2 is 2.00 bits per heavy atom. The van der Waals surface area contributed by atoms with E-state index in [9.17, 15) is 4.79 Å². The summed E-state index contributed by atoms with van der Waals surface area (Å²) in [4.78, 5) is 20.9. The van der Waals surface area contributed by atoms with Gasteiger partial charge in [-0.05, 0) is 11.6 Å². The quantitative estimate of drug-likeness (QED) is 0.703. The van der Waals surface area contributed by atoms with E-state index in [1.54, 1.807) is 11.8 Å². The van der Waals surface area contributed by atoms with Gasteiger partial charge in [0.25, 0.3) is 0 Å². The second-order valence-electron chi connectivity index (χ2n) is 6.42. The van der Waals surface area contributed by atoms with Crippen LogP contribution in [-0.4, -0.2) is 83.5 Å². The van der Waals surface area contributed by atoms with Gasteiger partial charge < -0.3 is 10.1 Å². The van der Waals surface area contributed by atoms with Gasteiger partial charge >= 0.3 is 0 Å². The Kier molecular flexibility index (Phi) is 5.95. The van der Waals surface area contributed by atoms with Crippen LogP contribution in [0.4, 0.5) is 0 Å². The van der Waals surface area contributed by atoms with E-state index < -0.39 is 0 Å².